The van der Waals surface area contributed by atoms with Crippen molar-refractivity contribution >= 4 is 29.6 Å². The van der Waals surface area contributed by atoms with Gasteiger partial charge in [-0.15, -0.1) is 0 Å². The number of carbonyl (C=O) groups is 2. The van der Waals surface area contributed by atoms with E-state index < -0.39 is 12.1 Å². The standard InChI is InChI=1S/C20H20ClNO3/c1-15(20(24)22(2)14-16-8-4-3-5-9-16)25-19(23)13-12-17-10-6-7-11-18(17)21/h3-13,15H,14H2,1-2H3/b13-12+/t15-/m0/s1. The molecule has 0 heterocycles. The smallest absolute Gasteiger partial charge is 0.331 e. The van der Waals surface area contributed by atoms with Gasteiger partial charge in [-0.25, -0.2) is 4.79 Å². The van der Waals surface area contributed by atoms with Crippen molar-refractivity contribution in [2.24, 2.45) is 0 Å². The highest BCUT2D eigenvalue weighted by atomic mass is 35.5. The van der Waals surface area contributed by atoms with Gasteiger partial charge in [0.05, 0.1) is 0 Å². The summed E-state index contributed by atoms with van der Waals surface area (Å²) < 4.78 is 5.17. The van der Waals surface area contributed by atoms with Gasteiger partial charge in [-0.05, 0) is 30.2 Å². The normalized spacial score (nSPS) is 12.0. The highest BCUT2D eigenvalue weighted by molar-refractivity contribution is 6.32. The molecule has 0 spiro atoms. The topological polar surface area (TPSA) is 46.6 Å². The van der Waals surface area contributed by atoms with Crippen molar-refractivity contribution in [3.8, 4) is 0 Å². The van der Waals surface area contributed by atoms with Gasteiger partial charge < -0.3 is 9.64 Å². The lowest BCUT2D eigenvalue weighted by Gasteiger charge is -2.21. The fourth-order valence-corrected chi connectivity index (χ4v) is 2.48. The molecule has 1 amide bonds. The van der Waals surface area contributed by atoms with Crippen LogP contribution in [0.15, 0.2) is 60.7 Å². The summed E-state index contributed by atoms with van der Waals surface area (Å²) in [5.41, 5.74) is 1.72. The van der Waals surface area contributed by atoms with Gasteiger partial charge in [0.1, 0.15) is 0 Å². The minimum Gasteiger partial charge on any atom is -0.449 e. The Balaban J connectivity index is 1.89. The summed E-state index contributed by atoms with van der Waals surface area (Å²) in [6.45, 7) is 2.02. The van der Waals surface area contributed by atoms with Crippen LogP contribution in [0.5, 0.6) is 0 Å². The number of amides is 1. The fraction of sp³-hybridized carbons (Fsp3) is 0.200. The number of benzene rings is 2. The highest BCUT2D eigenvalue weighted by Gasteiger charge is 2.20. The van der Waals surface area contributed by atoms with Crippen LogP contribution in [0.25, 0.3) is 6.08 Å². The Labute approximate surface area is 152 Å². The van der Waals surface area contributed by atoms with E-state index in [1.165, 1.54) is 11.0 Å². The van der Waals surface area contributed by atoms with Crippen LogP contribution in [0.3, 0.4) is 0 Å². The summed E-state index contributed by atoms with van der Waals surface area (Å²) >= 11 is 6.02. The van der Waals surface area contributed by atoms with Gasteiger partial charge in [0.15, 0.2) is 6.10 Å². The Morgan fingerprint density at radius 1 is 1.12 bits per heavy atom. The molecular formula is C20H20ClNO3. The van der Waals surface area contributed by atoms with Gasteiger partial charge in [0.2, 0.25) is 0 Å². The van der Waals surface area contributed by atoms with E-state index in [1.54, 1.807) is 38.2 Å². The number of likely N-dealkylation sites (N-methyl/N-ethyl adjacent to an activating group) is 1. The van der Waals surface area contributed by atoms with Crippen molar-refractivity contribution in [1.82, 2.24) is 4.90 Å². The molecule has 0 aliphatic rings. The van der Waals surface area contributed by atoms with Gasteiger partial charge in [-0.3, -0.25) is 4.79 Å². The first kappa shape index (κ1) is 18.7. The Morgan fingerprint density at radius 3 is 2.44 bits per heavy atom. The molecule has 0 bridgehead atoms. The zero-order valence-corrected chi connectivity index (χ0v) is 14.9. The molecule has 0 unspecified atom stereocenters. The van der Waals surface area contributed by atoms with Crippen molar-refractivity contribution < 1.29 is 14.3 Å². The molecule has 0 aliphatic heterocycles. The number of carbonyl (C=O) groups excluding carboxylic acids is 2. The van der Waals surface area contributed by atoms with E-state index in [0.717, 1.165) is 5.56 Å². The van der Waals surface area contributed by atoms with Crippen LogP contribution in [0.1, 0.15) is 18.1 Å². The van der Waals surface area contributed by atoms with E-state index in [-0.39, 0.29) is 5.91 Å². The average molecular weight is 358 g/mol. The van der Waals surface area contributed by atoms with E-state index in [1.807, 2.05) is 36.4 Å². The zero-order chi connectivity index (χ0) is 18.2. The molecule has 0 N–H and O–H groups in total. The monoisotopic (exact) mass is 357 g/mol. The lowest BCUT2D eigenvalue weighted by Crippen LogP contribution is -2.36. The molecule has 0 aromatic heterocycles. The summed E-state index contributed by atoms with van der Waals surface area (Å²) in [5, 5.41) is 0.540. The summed E-state index contributed by atoms with van der Waals surface area (Å²) in [6.07, 6.45) is 1.97. The molecule has 0 saturated heterocycles. The summed E-state index contributed by atoms with van der Waals surface area (Å²) in [5.74, 6) is -0.850. The number of nitrogens with zero attached hydrogens (tertiary/aromatic N) is 1. The van der Waals surface area contributed by atoms with Crippen molar-refractivity contribution in [3.05, 3.63) is 76.8 Å². The summed E-state index contributed by atoms with van der Waals surface area (Å²) in [4.78, 5) is 25.7. The van der Waals surface area contributed by atoms with Crippen LogP contribution >= 0.6 is 11.6 Å². The first-order valence-corrected chi connectivity index (χ1v) is 8.27. The second-order valence-electron chi connectivity index (χ2n) is 5.61. The summed E-state index contributed by atoms with van der Waals surface area (Å²) in [7, 11) is 1.68. The first-order chi connectivity index (χ1) is 12.0. The van der Waals surface area contributed by atoms with Crippen molar-refractivity contribution in [1.29, 1.82) is 0 Å². The molecule has 5 heteroatoms. The first-order valence-electron chi connectivity index (χ1n) is 7.89. The van der Waals surface area contributed by atoms with E-state index in [0.29, 0.717) is 17.1 Å². The predicted molar refractivity (Wildman–Crippen MR) is 99.0 cm³/mol. The van der Waals surface area contributed by atoms with Gasteiger partial charge in [-0.2, -0.15) is 0 Å². The average Bonchev–Trinajstić information content (AvgIpc) is 2.61. The minimum atomic E-state index is -0.864. The maximum absolute atomic E-state index is 12.3. The Bertz CT molecular complexity index is 759. The number of hydrogen-bond donors (Lipinski definition) is 0. The minimum absolute atomic E-state index is 0.261. The predicted octanol–water partition coefficient (Wildman–Crippen LogP) is 3.94. The maximum Gasteiger partial charge on any atom is 0.331 e. The third-order valence-corrected chi connectivity index (χ3v) is 3.93. The number of halogens is 1. The molecule has 2 rings (SSSR count). The quantitative estimate of drug-likeness (QED) is 0.581. The molecule has 2 aromatic carbocycles. The molecule has 4 nitrogen and oxygen atoms in total. The number of ether oxygens (including phenoxy) is 1. The van der Waals surface area contributed by atoms with Crippen LogP contribution in [0, 0.1) is 0 Å². The zero-order valence-electron chi connectivity index (χ0n) is 14.2. The second kappa shape index (κ2) is 9.04. The molecule has 130 valence electrons. The van der Waals surface area contributed by atoms with Gasteiger partial charge >= 0.3 is 5.97 Å². The van der Waals surface area contributed by atoms with E-state index in [2.05, 4.69) is 0 Å². The molecular weight excluding hydrogens is 338 g/mol. The van der Waals surface area contributed by atoms with Crippen LogP contribution in [0.2, 0.25) is 5.02 Å². The molecule has 0 fully saturated rings. The number of esters is 1. The van der Waals surface area contributed by atoms with Crippen LogP contribution in [-0.4, -0.2) is 29.9 Å². The molecule has 2 aromatic rings. The fourth-order valence-electron chi connectivity index (χ4n) is 2.28. The van der Waals surface area contributed by atoms with Crippen molar-refractivity contribution in [2.75, 3.05) is 7.05 Å². The maximum atomic E-state index is 12.3. The molecule has 0 radical (unpaired) electrons. The molecule has 1 atom stereocenters. The van der Waals surface area contributed by atoms with E-state index in [4.69, 9.17) is 16.3 Å². The highest BCUT2D eigenvalue weighted by Crippen LogP contribution is 2.16. The Morgan fingerprint density at radius 2 is 1.76 bits per heavy atom. The Kier molecular flexibility index (Phi) is 6.78. The SMILES string of the molecule is C[C@H](OC(=O)/C=C/c1ccccc1Cl)C(=O)N(C)Cc1ccccc1. The molecule has 0 saturated carbocycles. The largest absolute Gasteiger partial charge is 0.449 e. The molecule has 25 heavy (non-hydrogen) atoms. The summed E-state index contributed by atoms with van der Waals surface area (Å²) in [6, 6.07) is 16.8. The van der Waals surface area contributed by atoms with Crippen LogP contribution in [0.4, 0.5) is 0 Å². The third kappa shape index (κ3) is 5.76. The van der Waals surface area contributed by atoms with Crippen molar-refractivity contribution in [3.63, 3.8) is 0 Å². The van der Waals surface area contributed by atoms with Gasteiger partial charge in [0.25, 0.3) is 5.91 Å². The van der Waals surface area contributed by atoms with Crippen LogP contribution < -0.4 is 0 Å². The van der Waals surface area contributed by atoms with E-state index >= 15 is 0 Å². The third-order valence-electron chi connectivity index (χ3n) is 3.58. The van der Waals surface area contributed by atoms with Gasteiger partial charge in [0, 0.05) is 24.7 Å². The van der Waals surface area contributed by atoms with Crippen LogP contribution in [-0.2, 0) is 20.9 Å². The second-order valence-corrected chi connectivity index (χ2v) is 6.02. The number of hydrogen-bond acceptors (Lipinski definition) is 3. The Hall–Kier alpha value is -2.59. The van der Waals surface area contributed by atoms with Gasteiger partial charge in [-0.1, -0.05) is 60.1 Å². The van der Waals surface area contributed by atoms with Crippen molar-refractivity contribution in [2.45, 2.75) is 19.6 Å². The molecule has 0 aliphatic carbocycles. The lowest BCUT2D eigenvalue weighted by atomic mass is 10.2. The lowest BCUT2D eigenvalue weighted by molar-refractivity contribution is -0.154. The number of rotatable bonds is 6. The van der Waals surface area contributed by atoms with E-state index in [9.17, 15) is 9.59 Å².